The van der Waals surface area contributed by atoms with Crippen molar-refractivity contribution in [3.8, 4) is 0 Å². The maximum Gasteiger partial charge on any atom is 0.189 e. The van der Waals surface area contributed by atoms with Gasteiger partial charge >= 0.3 is 0 Å². The Labute approximate surface area is 117 Å². The van der Waals surface area contributed by atoms with Crippen molar-refractivity contribution < 1.29 is 30.0 Å². The van der Waals surface area contributed by atoms with Gasteiger partial charge in [0, 0.05) is 6.61 Å². The highest BCUT2D eigenvalue weighted by Gasteiger charge is 2.29. The Morgan fingerprint density at radius 2 is 1.80 bits per heavy atom. The van der Waals surface area contributed by atoms with Gasteiger partial charge < -0.3 is 25.2 Å². The zero-order valence-corrected chi connectivity index (χ0v) is 11.1. The summed E-state index contributed by atoms with van der Waals surface area (Å²) in [4.78, 5) is 11.0. The van der Waals surface area contributed by atoms with Crippen molar-refractivity contribution in [1.29, 1.82) is 0 Å². The third-order valence-electron chi connectivity index (χ3n) is 2.87. The highest BCUT2D eigenvalue weighted by Crippen LogP contribution is 2.07. The van der Waals surface area contributed by atoms with Gasteiger partial charge in [-0.05, 0) is 12.0 Å². The molecule has 0 spiro atoms. The smallest absolute Gasteiger partial charge is 0.189 e. The van der Waals surface area contributed by atoms with Crippen LogP contribution in [0.25, 0.3) is 0 Å². The molecule has 1 rings (SSSR count). The van der Waals surface area contributed by atoms with Gasteiger partial charge in [0.1, 0.15) is 18.8 Å². The molecule has 0 aliphatic rings. The monoisotopic (exact) mass is 284 g/mol. The standard InChI is InChI=1S/C14H20O6/c15-8-12(17)14(19)13(18)11(16)6-7-20-9-10-4-2-1-3-5-10/h1-5,11,13-16,18-19H,6-9H2/t11-,13-,14-/m1/s1. The average Bonchev–Trinajstić information content (AvgIpc) is 2.50. The molecule has 6 nitrogen and oxygen atoms in total. The summed E-state index contributed by atoms with van der Waals surface area (Å²) < 4.78 is 5.32. The number of carbonyl (C=O) groups excluding carboxylic acids is 1. The summed E-state index contributed by atoms with van der Waals surface area (Å²) in [7, 11) is 0. The Hall–Kier alpha value is -1.31. The second kappa shape index (κ2) is 8.78. The molecule has 0 aromatic heterocycles. The minimum absolute atomic E-state index is 0.0732. The normalized spacial score (nSPS) is 15.6. The fourth-order valence-electron chi connectivity index (χ4n) is 1.63. The number of hydrogen-bond donors (Lipinski definition) is 4. The second-order valence-electron chi connectivity index (χ2n) is 4.45. The molecule has 0 amide bonds. The number of ketones is 1. The van der Waals surface area contributed by atoms with E-state index < -0.39 is 30.7 Å². The molecule has 4 N–H and O–H groups in total. The van der Waals surface area contributed by atoms with Crippen LogP contribution in [0.4, 0.5) is 0 Å². The van der Waals surface area contributed by atoms with Crippen LogP contribution in [0.5, 0.6) is 0 Å². The number of aliphatic hydroxyl groups excluding tert-OH is 4. The molecule has 0 saturated heterocycles. The van der Waals surface area contributed by atoms with E-state index in [9.17, 15) is 20.1 Å². The van der Waals surface area contributed by atoms with E-state index in [1.807, 2.05) is 30.3 Å². The maximum atomic E-state index is 11.0. The molecular formula is C14H20O6. The minimum Gasteiger partial charge on any atom is -0.390 e. The van der Waals surface area contributed by atoms with Gasteiger partial charge in [0.25, 0.3) is 0 Å². The number of Topliss-reactive ketones (excluding diaryl/α,β-unsaturated/α-hetero) is 1. The fraction of sp³-hybridized carbons (Fsp3) is 0.500. The summed E-state index contributed by atoms with van der Waals surface area (Å²) in [6.45, 7) is -0.329. The van der Waals surface area contributed by atoms with E-state index in [0.29, 0.717) is 6.61 Å². The zero-order valence-electron chi connectivity index (χ0n) is 11.1. The van der Waals surface area contributed by atoms with Crippen molar-refractivity contribution in [1.82, 2.24) is 0 Å². The lowest BCUT2D eigenvalue weighted by atomic mass is 10.0. The van der Waals surface area contributed by atoms with Crippen molar-refractivity contribution in [2.75, 3.05) is 13.2 Å². The van der Waals surface area contributed by atoms with Gasteiger partial charge in [0.15, 0.2) is 5.78 Å². The van der Waals surface area contributed by atoms with Crippen LogP contribution >= 0.6 is 0 Å². The SMILES string of the molecule is O=C(CO)[C@@H](O)[C@H](O)[C@H](O)CCOCc1ccccc1. The number of rotatable bonds is 9. The van der Waals surface area contributed by atoms with Crippen molar-refractivity contribution in [3.63, 3.8) is 0 Å². The van der Waals surface area contributed by atoms with Crippen LogP contribution in [0, 0.1) is 0 Å². The topological polar surface area (TPSA) is 107 Å². The first-order chi connectivity index (χ1) is 9.56. The van der Waals surface area contributed by atoms with Crippen LogP contribution in [0.2, 0.25) is 0 Å². The largest absolute Gasteiger partial charge is 0.390 e. The van der Waals surface area contributed by atoms with Crippen LogP contribution in [-0.2, 0) is 16.1 Å². The second-order valence-corrected chi connectivity index (χ2v) is 4.45. The highest BCUT2D eigenvalue weighted by atomic mass is 16.5. The molecule has 0 saturated carbocycles. The van der Waals surface area contributed by atoms with Crippen LogP contribution in [0.1, 0.15) is 12.0 Å². The molecule has 1 aromatic rings. The maximum absolute atomic E-state index is 11.0. The first-order valence-electron chi connectivity index (χ1n) is 6.35. The summed E-state index contributed by atoms with van der Waals surface area (Å²) in [5.41, 5.74) is 0.984. The van der Waals surface area contributed by atoms with E-state index in [4.69, 9.17) is 9.84 Å². The molecule has 0 radical (unpaired) electrons. The molecule has 3 atom stereocenters. The van der Waals surface area contributed by atoms with E-state index in [0.717, 1.165) is 5.56 Å². The summed E-state index contributed by atoms with van der Waals surface area (Å²) in [5.74, 6) is -0.929. The number of ether oxygens (including phenoxy) is 1. The predicted molar refractivity (Wildman–Crippen MR) is 70.8 cm³/mol. The Bertz CT molecular complexity index is 394. The summed E-state index contributed by atoms with van der Waals surface area (Å²) in [6, 6.07) is 9.45. The Balaban J connectivity index is 2.25. The first kappa shape index (κ1) is 16.7. The molecule has 0 heterocycles. The fourth-order valence-corrected chi connectivity index (χ4v) is 1.63. The summed E-state index contributed by atoms with van der Waals surface area (Å²) >= 11 is 0. The summed E-state index contributed by atoms with van der Waals surface area (Å²) in [6.07, 6.45) is -4.64. The first-order valence-corrected chi connectivity index (χ1v) is 6.35. The number of benzene rings is 1. The van der Waals surface area contributed by atoms with Gasteiger partial charge in [0.05, 0.1) is 12.7 Å². The number of aliphatic hydroxyl groups is 4. The average molecular weight is 284 g/mol. The third-order valence-corrected chi connectivity index (χ3v) is 2.87. The lowest BCUT2D eigenvalue weighted by Crippen LogP contribution is -2.43. The molecule has 0 unspecified atom stereocenters. The van der Waals surface area contributed by atoms with Crippen LogP contribution < -0.4 is 0 Å². The Morgan fingerprint density at radius 3 is 2.40 bits per heavy atom. The molecular weight excluding hydrogens is 264 g/mol. The number of carbonyl (C=O) groups is 1. The summed E-state index contributed by atoms with van der Waals surface area (Å²) in [5, 5.41) is 37.0. The molecule has 112 valence electrons. The Morgan fingerprint density at radius 1 is 1.15 bits per heavy atom. The minimum atomic E-state index is -1.79. The van der Waals surface area contributed by atoms with E-state index in [-0.39, 0.29) is 13.0 Å². The van der Waals surface area contributed by atoms with Crippen molar-refractivity contribution >= 4 is 5.78 Å². The molecule has 6 heteroatoms. The number of hydrogen-bond acceptors (Lipinski definition) is 6. The highest BCUT2D eigenvalue weighted by molar-refractivity contribution is 5.84. The quantitative estimate of drug-likeness (QED) is 0.444. The zero-order chi connectivity index (χ0) is 15.0. The van der Waals surface area contributed by atoms with Gasteiger partial charge in [-0.1, -0.05) is 30.3 Å². The van der Waals surface area contributed by atoms with Crippen LogP contribution in [0.3, 0.4) is 0 Å². The van der Waals surface area contributed by atoms with E-state index in [1.165, 1.54) is 0 Å². The predicted octanol–water partition coefficient (Wildman–Crippen LogP) is -0.763. The van der Waals surface area contributed by atoms with Crippen LogP contribution in [0.15, 0.2) is 30.3 Å². The molecule has 20 heavy (non-hydrogen) atoms. The molecule has 0 bridgehead atoms. The van der Waals surface area contributed by atoms with Crippen LogP contribution in [-0.4, -0.2) is 57.7 Å². The Kier molecular flexibility index (Phi) is 7.35. The molecule has 0 fully saturated rings. The van der Waals surface area contributed by atoms with Gasteiger partial charge in [0.2, 0.25) is 0 Å². The lowest BCUT2D eigenvalue weighted by Gasteiger charge is -2.21. The van der Waals surface area contributed by atoms with Gasteiger partial charge in [-0.2, -0.15) is 0 Å². The molecule has 0 aliphatic carbocycles. The van der Waals surface area contributed by atoms with Crippen molar-refractivity contribution in [3.05, 3.63) is 35.9 Å². The molecule has 0 aliphatic heterocycles. The molecule has 1 aromatic carbocycles. The van der Waals surface area contributed by atoms with E-state index in [1.54, 1.807) is 0 Å². The van der Waals surface area contributed by atoms with E-state index >= 15 is 0 Å². The lowest BCUT2D eigenvalue weighted by molar-refractivity contribution is -0.142. The van der Waals surface area contributed by atoms with Crippen molar-refractivity contribution in [2.24, 2.45) is 0 Å². The van der Waals surface area contributed by atoms with E-state index in [2.05, 4.69) is 0 Å². The van der Waals surface area contributed by atoms with Gasteiger partial charge in [-0.3, -0.25) is 4.79 Å². The van der Waals surface area contributed by atoms with Crippen molar-refractivity contribution in [2.45, 2.75) is 31.3 Å². The van der Waals surface area contributed by atoms with Gasteiger partial charge in [-0.15, -0.1) is 0 Å². The third kappa shape index (κ3) is 5.36. The van der Waals surface area contributed by atoms with Gasteiger partial charge in [-0.25, -0.2) is 0 Å².